The second kappa shape index (κ2) is 8.11. The summed E-state index contributed by atoms with van der Waals surface area (Å²) < 4.78 is 5.36. The summed E-state index contributed by atoms with van der Waals surface area (Å²) in [6, 6.07) is 8.23. The minimum absolute atomic E-state index is 0.610. The molecule has 0 fully saturated rings. The number of para-hydroxylation sites is 1. The van der Waals surface area contributed by atoms with Gasteiger partial charge in [0.2, 0.25) is 0 Å². The van der Waals surface area contributed by atoms with Crippen LogP contribution in [0, 0.1) is 5.92 Å². The first-order valence-electron chi connectivity index (χ1n) is 6.68. The van der Waals surface area contributed by atoms with Gasteiger partial charge in [-0.3, -0.25) is 0 Å². The van der Waals surface area contributed by atoms with E-state index in [2.05, 4.69) is 31.0 Å². The molecule has 1 aromatic carbocycles. The largest absolute Gasteiger partial charge is 0.496 e. The van der Waals surface area contributed by atoms with Gasteiger partial charge in [0.25, 0.3) is 0 Å². The summed E-state index contributed by atoms with van der Waals surface area (Å²) in [5.74, 6) is 1.60. The van der Waals surface area contributed by atoms with Gasteiger partial charge in [0.05, 0.1) is 7.11 Å². The van der Waals surface area contributed by atoms with Crippen molar-refractivity contribution in [1.82, 2.24) is 4.90 Å². The summed E-state index contributed by atoms with van der Waals surface area (Å²) in [7, 11) is 3.89. The number of nitrogens with two attached hydrogens (primary N) is 1. The minimum Gasteiger partial charge on any atom is -0.496 e. The Bertz CT molecular complexity index is 341. The lowest BCUT2D eigenvalue weighted by Gasteiger charge is -2.19. The number of rotatable bonds is 8. The van der Waals surface area contributed by atoms with Gasteiger partial charge in [-0.1, -0.05) is 25.1 Å². The van der Waals surface area contributed by atoms with Gasteiger partial charge < -0.3 is 15.4 Å². The van der Waals surface area contributed by atoms with E-state index in [4.69, 9.17) is 10.5 Å². The molecule has 0 aliphatic carbocycles. The molecule has 0 aliphatic heterocycles. The van der Waals surface area contributed by atoms with Crippen LogP contribution in [0.25, 0.3) is 0 Å². The molecule has 0 amide bonds. The van der Waals surface area contributed by atoms with Crippen LogP contribution in [0.15, 0.2) is 24.3 Å². The molecule has 0 radical (unpaired) electrons. The molecule has 3 heteroatoms. The fraction of sp³-hybridized carbons (Fsp3) is 0.600. The topological polar surface area (TPSA) is 38.5 Å². The molecule has 18 heavy (non-hydrogen) atoms. The molecule has 1 atom stereocenters. The van der Waals surface area contributed by atoms with E-state index in [0.717, 1.165) is 31.8 Å². The predicted octanol–water partition coefficient (Wildman–Crippen LogP) is 2.15. The number of hydrogen-bond donors (Lipinski definition) is 1. The van der Waals surface area contributed by atoms with E-state index in [1.165, 1.54) is 12.0 Å². The van der Waals surface area contributed by atoms with Gasteiger partial charge in [0.15, 0.2) is 0 Å². The molecule has 0 bridgehead atoms. The Kier molecular flexibility index (Phi) is 6.76. The Morgan fingerprint density at radius 2 is 2.00 bits per heavy atom. The summed E-state index contributed by atoms with van der Waals surface area (Å²) in [5.41, 5.74) is 6.90. The van der Waals surface area contributed by atoms with Crippen LogP contribution in [0.5, 0.6) is 5.75 Å². The molecule has 0 saturated carbocycles. The molecule has 1 aromatic rings. The number of ether oxygens (including phenoxy) is 1. The molecule has 2 N–H and O–H groups in total. The number of likely N-dealkylation sites (N-methyl/N-ethyl adjacent to an activating group) is 1. The zero-order valence-corrected chi connectivity index (χ0v) is 11.9. The average Bonchev–Trinajstić information content (AvgIpc) is 2.42. The molecular weight excluding hydrogens is 224 g/mol. The Morgan fingerprint density at radius 3 is 2.67 bits per heavy atom. The van der Waals surface area contributed by atoms with E-state index < -0.39 is 0 Å². The molecule has 0 spiro atoms. The van der Waals surface area contributed by atoms with Gasteiger partial charge in [-0.25, -0.2) is 0 Å². The summed E-state index contributed by atoms with van der Waals surface area (Å²) in [6.07, 6.45) is 2.19. The van der Waals surface area contributed by atoms with E-state index in [1.54, 1.807) is 7.11 Å². The van der Waals surface area contributed by atoms with E-state index >= 15 is 0 Å². The van der Waals surface area contributed by atoms with Crippen LogP contribution in [0.4, 0.5) is 0 Å². The molecular formula is C15H26N2O. The first kappa shape index (κ1) is 15.0. The highest BCUT2D eigenvalue weighted by Gasteiger charge is 2.05. The fourth-order valence-corrected chi connectivity index (χ4v) is 1.89. The lowest BCUT2D eigenvalue weighted by Crippen LogP contribution is -2.25. The number of nitrogens with zero attached hydrogens (tertiary/aromatic N) is 1. The maximum atomic E-state index is 5.63. The molecule has 102 valence electrons. The van der Waals surface area contributed by atoms with Crippen LogP contribution in [0.2, 0.25) is 0 Å². The molecule has 0 aliphatic rings. The van der Waals surface area contributed by atoms with Crippen molar-refractivity contribution in [1.29, 1.82) is 0 Å². The third-order valence-corrected chi connectivity index (χ3v) is 3.36. The van der Waals surface area contributed by atoms with Crippen molar-refractivity contribution in [3.05, 3.63) is 29.8 Å². The van der Waals surface area contributed by atoms with Gasteiger partial charge in [-0.15, -0.1) is 0 Å². The van der Waals surface area contributed by atoms with Gasteiger partial charge in [-0.2, -0.15) is 0 Å². The summed E-state index contributed by atoms with van der Waals surface area (Å²) in [4.78, 5) is 2.36. The second-order valence-corrected chi connectivity index (χ2v) is 4.99. The maximum Gasteiger partial charge on any atom is 0.122 e. The zero-order chi connectivity index (χ0) is 13.4. The van der Waals surface area contributed by atoms with Crippen molar-refractivity contribution < 1.29 is 4.74 Å². The van der Waals surface area contributed by atoms with Crippen molar-refractivity contribution in [3.8, 4) is 5.75 Å². The van der Waals surface area contributed by atoms with Crippen molar-refractivity contribution in [2.45, 2.75) is 19.8 Å². The Balaban J connectivity index is 2.35. The molecule has 3 nitrogen and oxygen atoms in total. The third kappa shape index (κ3) is 5.07. The number of hydrogen-bond acceptors (Lipinski definition) is 3. The van der Waals surface area contributed by atoms with Gasteiger partial charge in [0.1, 0.15) is 5.75 Å². The number of methoxy groups -OCH3 is 1. The normalized spacial score (nSPS) is 12.7. The van der Waals surface area contributed by atoms with Crippen LogP contribution in [0.1, 0.15) is 18.9 Å². The second-order valence-electron chi connectivity index (χ2n) is 4.99. The monoisotopic (exact) mass is 250 g/mol. The van der Waals surface area contributed by atoms with E-state index in [-0.39, 0.29) is 0 Å². The van der Waals surface area contributed by atoms with Crippen LogP contribution < -0.4 is 10.5 Å². The summed E-state index contributed by atoms with van der Waals surface area (Å²) in [6.45, 7) is 5.14. The Hall–Kier alpha value is -1.06. The molecule has 0 saturated heterocycles. The molecule has 0 aromatic heterocycles. The van der Waals surface area contributed by atoms with Crippen LogP contribution in [-0.2, 0) is 6.42 Å². The lowest BCUT2D eigenvalue weighted by atomic mass is 10.1. The van der Waals surface area contributed by atoms with Crippen molar-refractivity contribution in [2.75, 3.05) is 33.8 Å². The standard InChI is InChI=1S/C15H26N2O/c1-13(12-16)8-10-17(2)11-9-14-6-4-5-7-15(14)18-3/h4-7,13H,8-12,16H2,1-3H3. The molecule has 1 unspecified atom stereocenters. The quantitative estimate of drug-likeness (QED) is 0.768. The number of benzene rings is 1. The Morgan fingerprint density at radius 1 is 1.28 bits per heavy atom. The molecule has 0 heterocycles. The smallest absolute Gasteiger partial charge is 0.122 e. The van der Waals surface area contributed by atoms with Crippen molar-refractivity contribution in [3.63, 3.8) is 0 Å². The van der Waals surface area contributed by atoms with Gasteiger partial charge in [-0.05, 0) is 50.5 Å². The van der Waals surface area contributed by atoms with E-state index in [9.17, 15) is 0 Å². The Labute approximate surface area is 111 Å². The highest BCUT2D eigenvalue weighted by molar-refractivity contribution is 5.33. The predicted molar refractivity (Wildman–Crippen MR) is 77.0 cm³/mol. The fourth-order valence-electron chi connectivity index (χ4n) is 1.89. The highest BCUT2D eigenvalue weighted by atomic mass is 16.5. The SMILES string of the molecule is COc1ccccc1CCN(C)CCC(C)CN. The van der Waals surface area contributed by atoms with Gasteiger partial charge >= 0.3 is 0 Å². The highest BCUT2D eigenvalue weighted by Crippen LogP contribution is 2.17. The summed E-state index contributed by atoms with van der Waals surface area (Å²) >= 11 is 0. The van der Waals surface area contributed by atoms with Crippen molar-refractivity contribution in [2.24, 2.45) is 11.7 Å². The van der Waals surface area contributed by atoms with Crippen molar-refractivity contribution >= 4 is 0 Å². The van der Waals surface area contributed by atoms with Crippen LogP contribution >= 0.6 is 0 Å². The first-order chi connectivity index (χ1) is 8.67. The summed E-state index contributed by atoms with van der Waals surface area (Å²) in [5, 5.41) is 0. The maximum absolute atomic E-state index is 5.63. The lowest BCUT2D eigenvalue weighted by molar-refractivity contribution is 0.308. The van der Waals surface area contributed by atoms with Crippen LogP contribution in [-0.4, -0.2) is 38.7 Å². The zero-order valence-electron chi connectivity index (χ0n) is 11.9. The van der Waals surface area contributed by atoms with Gasteiger partial charge in [0, 0.05) is 6.54 Å². The third-order valence-electron chi connectivity index (χ3n) is 3.36. The van der Waals surface area contributed by atoms with E-state index in [0.29, 0.717) is 5.92 Å². The minimum atomic E-state index is 0.610. The molecule has 1 rings (SSSR count). The average molecular weight is 250 g/mol. The van der Waals surface area contributed by atoms with Crippen LogP contribution in [0.3, 0.4) is 0 Å². The first-order valence-corrected chi connectivity index (χ1v) is 6.68. The van der Waals surface area contributed by atoms with E-state index in [1.807, 2.05) is 12.1 Å².